The van der Waals surface area contributed by atoms with Gasteiger partial charge < -0.3 is 15.1 Å². The lowest BCUT2D eigenvalue weighted by Gasteiger charge is -2.25. The smallest absolute Gasteiger partial charge is 0.388 e. The summed E-state index contributed by atoms with van der Waals surface area (Å²) in [5.41, 5.74) is -2.67. The van der Waals surface area contributed by atoms with E-state index in [1.165, 1.54) is 19.1 Å². The van der Waals surface area contributed by atoms with Crippen LogP contribution in [0, 0.1) is 17.6 Å². The van der Waals surface area contributed by atoms with Crippen LogP contribution in [-0.4, -0.2) is 50.7 Å². The Morgan fingerprint density at radius 3 is 2.62 bits per heavy atom. The summed E-state index contributed by atoms with van der Waals surface area (Å²) >= 11 is 6.14. The summed E-state index contributed by atoms with van der Waals surface area (Å²) in [6.45, 7) is 2.08. The molecule has 198 valence electrons. The Morgan fingerprint density at radius 1 is 1.30 bits per heavy atom. The van der Waals surface area contributed by atoms with Gasteiger partial charge in [0.25, 0.3) is 0 Å². The normalized spacial score (nSPS) is 22.8. The first-order chi connectivity index (χ1) is 17.3. The van der Waals surface area contributed by atoms with Gasteiger partial charge in [0.1, 0.15) is 29.6 Å². The number of benzene rings is 1. The van der Waals surface area contributed by atoms with E-state index < -0.39 is 58.8 Å². The molecule has 0 spiro atoms. The van der Waals surface area contributed by atoms with Crippen LogP contribution in [0.3, 0.4) is 0 Å². The number of hydrogen-bond donors (Lipinski definition) is 3. The van der Waals surface area contributed by atoms with Gasteiger partial charge in [-0.3, -0.25) is 14.7 Å². The number of aliphatic hydroxyl groups excluding tert-OH is 1. The fourth-order valence-electron chi connectivity index (χ4n) is 4.88. The second-order valence-corrected chi connectivity index (χ2v) is 9.91. The van der Waals surface area contributed by atoms with Gasteiger partial charge in [0, 0.05) is 31.3 Å². The number of rotatable bonds is 6. The van der Waals surface area contributed by atoms with Gasteiger partial charge in [-0.05, 0) is 31.0 Å². The van der Waals surface area contributed by atoms with Gasteiger partial charge in [-0.1, -0.05) is 18.5 Å². The molecule has 1 aliphatic carbocycles. The fourth-order valence-corrected chi connectivity index (χ4v) is 5.16. The second-order valence-electron chi connectivity index (χ2n) is 9.50. The molecule has 5 rings (SSSR count). The van der Waals surface area contributed by atoms with E-state index in [0.717, 1.165) is 16.8 Å². The lowest BCUT2D eigenvalue weighted by atomic mass is 10.1. The fraction of sp³-hybridized carbons (Fsp3) is 0.417. The summed E-state index contributed by atoms with van der Waals surface area (Å²) < 4.78 is 69.6. The first-order valence-electron chi connectivity index (χ1n) is 11.5. The van der Waals surface area contributed by atoms with Crippen LogP contribution < -0.4 is 15.6 Å². The van der Waals surface area contributed by atoms with Gasteiger partial charge in [0.15, 0.2) is 16.9 Å². The van der Waals surface area contributed by atoms with Crippen molar-refractivity contribution in [2.75, 3.05) is 18.0 Å². The molecule has 3 unspecified atom stereocenters. The zero-order valence-corrected chi connectivity index (χ0v) is 20.1. The van der Waals surface area contributed by atoms with Gasteiger partial charge in [0.2, 0.25) is 0 Å². The maximum Gasteiger partial charge on any atom is 0.403 e. The molecular formula is C24H22ClF5N4O3. The number of fused-ring (bicyclic) bond motifs is 2. The Balaban J connectivity index is 1.68. The topological polar surface area (TPSA) is 90.6 Å². The third-order valence-electron chi connectivity index (χ3n) is 6.97. The summed E-state index contributed by atoms with van der Waals surface area (Å²) in [6.07, 6.45) is -5.58. The average Bonchev–Trinajstić information content (AvgIpc) is 3.32. The van der Waals surface area contributed by atoms with Crippen molar-refractivity contribution >= 4 is 28.5 Å². The standard InChI is InChI=1S/C24H22ClF5N4O3/c1-2-17(24(28,29)30)31-22(36)14-9-34(19-15(25)5-12(26)6-16(19)27)21-13(20(14)35)3-4-18(32-21)33-8-11-7-23(11,37)10-33/h3-6,9,11,17,22,31,36-37H,2,7-8,10H2,1H3/t11?,17-,22?,23?/m0/s1. The number of β-amino-alcohol motifs (C(OH)–C–C–N with tert-alkyl or cyclic N) is 1. The lowest BCUT2D eigenvalue weighted by Crippen LogP contribution is -2.44. The molecule has 3 aromatic rings. The molecule has 2 fully saturated rings. The number of anilines is 1. The van der Waals surface area contributed by atoms with Crippen LogP contribution in [0.15, 0.2) is 35.3 Å². The van der Waals surface area contributed by atoms with Crippen LogP contribution in [0.5, 0.6) is 0 Å². The van der Waals surface area contributed by atoms with Gasteiger partial charge in [-0.15, -0.1) is 0 Å². The zero-order chi connectivity index (χ0) is 26.9. The highest BCUT2D eigenvalue weighted by atomic mass is 35.5. The lowest BCUT2D eigenvalue weighted by molar-refractivity contribution is -0.164. The molecule has 1 aromatic carbocycles. The van der Waals surface area contributed by atoms with Crippen molar-refractivity contribution in [3.63, 3.8) is 0 Å². The third kappa shape index (κ3) is 4.56. The number of hydrogen-bond acceptors (Lipinski definition) is 6. The van der Waals surface area contributed by atoms with Crippen molar-refractivity contribution in [3.8, 4) is 5.69 Å². The molecule has 1 saturated carbocycles. The molecule has 7 nitrogen and oxygen atoms in total. The maximum atomic E-state index is 15.0. The molecule has 3 heterocycles. The molecule has 2 aromatic heterocycles. The molecule has 0 bridgehead atoms. The number of piperidine rings is 1. The van der Waals surface area contributed by atoms with Crippen LogP contribution >= 0.6 is 11.6 Å². The highest BCUT2D eigenvalue weighted by Gasteiger charge is 2.59. The Morgan fingerprint density at radius 2 is 2.03 bits per heavy atom. The van der Waals surface area contributed by atoms with Crippen molar-refractivity contribution in [2.24, 2.45) is 5.92 Å². The van der Waals surface area contributed by atoms with E-state index in [4.69, 9.17) is 11.6 Å². The summed E-state index contributed by atoms with van der Waals surface area (Å²) in [6, 6.07) is 2.13. The van der Waals surface area contributed by atoms with Crippen LogP contribution in [0.4, 0.5) is 27.8 Å². The summed E-state index contributed by atoms with van der Waals surface area (Å²) in [4.78, 5) is 19.5. The molecule has 4 atom stereocenters. The Labute approximate surface area is 212 Å². The van der Waals surface area contributed by atoms with Crippen molar-refractivity contribution in [2.45, 2.75) is 43.8 Å². The Kier molecular flexibility index (Phi) is 6.21. The summed E-state index contributed by atoms with van der Waals surface area (Å²) in [5.74, 6) is -1.63. The molecule has 37 heavy (non-hydrogen) atoms. The Hall–Kier alpha value is -2.80. The van der Waals surface area contributed by atoms with Crippen molar-refractivity contribution in [3.05, 3.63) is 62.9 Å². The minimum absolute atomic E-state index is 0.0833. The predicted octanol–water partition coefficient (Wildman–Crippen LogP) is 3.81. The van der Waals surface area contributed by atoms with Crippen LogP contribution in [-0.2, 0) is 0 Å². The van der Waals surface area contributed by atoms with Crippen molar-refractivity contribution < 1.29 is 32.2 Å². The van der Waals surface area contributed by atoms with E-state index in [2.05, 4.69) is 4.98 Å². The first-order valence-corrected chi connectivity index (χ1v) is 11.9. The number of pyridine rings is 2. The quantitative estimate of drug-likeness (QED) is 0.323. The molecule has 0 radical (unpaired) electrons. The highest BCUT2D eigenvalue weighted by molar-refractivity contribution is 6.32. The van der Waals surface area contributed by atoms with E-state index in [0.29, 0.717) is 31.4 Å². The number of aliphatic hydroxyl groups is 2. The molecule has 0 amide bonds. The molecule has 1 saturated heterocycles. The number of aromatic nitrogens is 2. The largest absolute Gasteiger partial charge is 0.403 e. The molecule has 1 aliphatic heterocycles. The minimum Gasteiger partial charge on any atom is -0.388 e. The zero-order valence-electron chi connectivity index (χ0n) is 19.4. The minimum atomic E-state index is -4.70. The SMILES string of the molecule is CC[C@H](NC(O)c1cn(-c2c(F)cc(F)cc2Cl)c2nc(N3CC4CC4(O)C3)ccc2c1=O)C(F)(F)F. The highest BCUT2D eigenvalue weighted by Crippen LogP contribution is 2.50. The van der Waals surface area contributed by atoms with Crippen LogP contribution in [0.2, 0.25) is 5.02 Å². The molecule has 3 N–H and O–H groups in total. The Bertz CT molecular complexity index is 1430. The van der Waals surface area contributed by atoms with E-state index in [-0.39, 0.29) is 22.0 Å². The summed E-state index contributed by atoms with van der Waals surface area (Å²) in [5, 5.41) is 22.5. The number of halogens is 6. The van der Waals surface area contributed by atoms with E-state index in [1.807, 2.05) is 5.32 Å². The van der Waals surface area contributed by atoms with Crippen LogP contribution in [0.1, 0.15) is 31.6 Å². The van der Waals surface area contributed by atoms with Gasteiger partial charge in [-0.25, -0.2) is 13.8 Å². The number of nitrogens with zero attached hydrogens (tertiary/aromatic N) is 3. The predicted molar refractivity (Wildman–Crippen MR) is 126 cm³/mol. The average molecular weight is 545 g/mol. The van der Waals surface area contributed by atoms with E-state index >= 15 is 0 Å². The van der Waals surface area contributed by atoms with E-state index in [1.54, 1.807) is 4.90 Å². The monoisotopic (exact) mass is 544 g/mol. The van der Waals surface area contributed by atoms with Crippen molar-refractivity contribution in [1.82, 2.24) is 14.9 Å². The molecule has 2 aliphatic rings. The molecule has 13 heteroatoms. The maximum absolute atomic E-state index is 15.0. The van der Waals surface area contributed by atoms with Crippen molar-refractivity contribution in [1.29, 1.82) is 0 Å². The van der Waals surface area contributed by atoms with Gasteiger partial charge in [-0.2, -0.15) is 13.2 Å². The second kappa shape index (κ2) is 8.90. The van der Waals surface area contributed by atoms with Gasteiger partial charge in [0.05, 0.1) is 21.6 Å². The van der Waals surface area contributed by atoms with Crippen LogP contribution in [0.25, 0.3) is 16.7 Å². The number of nitrogens with one attached hydrogen (secondary N) is 1. The summed E-state index contributed by atoms with van der Waals surface area (Å²) in [7, 11) is 0. The first kappa shape index (κ1) is 25.8. The van der Waals surface area contributed by atoms with E-state index in [9.17, 15) is 37.0 Å². The third-order valence-corrected chi connectivity index (χ3v) is 7.26. The van der Waals surface area contributed by atoms with Gasteiger partial charge >= 0.3 is 6.18 Å². The molecular weight excluding hydrogens is 523 g/mol. The number of alkyl halides is 3.